The second kappa shape index (κ2) is 5.40. The Balaban J connectivity index is 2.06. The number of ether oxygens (including phenoxy) is 1. The maximum atomic E-state index is 5.55. The van der Waals surface area contributed by atoms with Crippen molar-refractivity contribution >= 4 is 11.5 Å². The molecule has 0 aliphatic carbocycles. The van der Waals surface area contributed by atoms with Gasteiger partial charge in [-0.3, -0.25) is 0 Å². The van der Waals surface area contributed by atoms with E-state index in [1.165, 1.54) is 5.56 Å². The molecular formula is C14H17N3O. The maximum absolute atomic E-state index is 5.55. The summed E-state index contributed by atoms with van der Waals surface area (Å²) in [4.78, 5) is 4.05. The zero-order valence-corrected chi connectivity index (χ0v) is 10.6. The molecule has 18 heavy (non-hydrogen) atoms. The molecule has 0 bridgehead atoms. The van der Waals surface area contributed by atoms with Crippen LogP contribution < -0.4 is 15.8 Å². The van der Waals surface area contributed by atoms with E-state index in [9.17, 15) is 0 Å². The SMILES string of the molecule is COc1ccc(C(C)Nc2ccc(N)nc2)cc1. The number of nitrogens with zero attached hydrogens (tertiary/aromatic N) is 1. The number of methoxy groups -OCH3 is 1. The molecule has 0 aliphatic rings. The number of anilines is 2. The number of pyridine rings is 1. The molecule has 2 rings (SSSR count). The predicted octanol–water partition coefficient (Wildman–Crippen LogP) is 2.85. The Morgan fingerprint density at radius 1 is 1.17 bits per heavy atom. The van der Waals surface area contributed by atoms with Crippen molar-refractivity contribution in [1.29, 1.82) is 0 Å². The van der Waals surface area contributed by atoms with Gasteiger partial charge in [-0.2, -0.15) is 0 Å². The summed E-state index contributed by atoms with van der Waals surface area (Å²) in [5.41, 5.74) is 7.69. The van der Waals surface area contributed by atoms with E-state index in [0.717, 1.165) is 11.4 Å². The number of benzene rings is 1. The molecule has 0 saturated carbocycles. The van der Waals surface area contributed by atoms with Gasteiger partial charge < -0.3 is 15.8 Å². The molecule has 4 nitrogen and oxygen atoms in total. The highest BCUT2D eigenvalue weighted by Gasteiger charge is 2.05. The van der Waals surface area contributed by atoms with E-state index >= 15 is 0 Å². The highest BCUT2D eigenvalue weighted by molar-refractivity contribution is 5.47. The average Bonchev–Trinajstić information content (AvgIpc) is 2.41. The molecular weight excluding hydrogens is 226 g/mol. The van der Waals surface area contributed by atoms with E-state index in [0.29, 0.717) is 5.82 Å². The molecule has 1 aromatic heterocycles. The lowest BCUT2D eigenvalue weighted by atomic mass is 10.1. The van der Waals surface area contributed by atoms with Gasteiger partial charge in [0.2, 0.25) is 0 Å². The van der Waals surface area contributed by atoms with Crippen molar-refractivity contribution < 1.29 is 4.74 Å². The molecule has 0 fully saturated rings. The van der Waals surface area contributed by atoms with Gasteiger partial charge >= 0.3 is 0 Å². The summed E-state index contributed by atoms with van der Waals surface area (Å²) >= 11 is 0. The standard InChI is InChI=1S/C14H17N3O/c1-10(11-3-6-13(18-2)7-4-11)17-12-5-8-14(15)16-9-12/h3-10,17H,1-2H3,(H2,15,16). The van der Waals surface area contributed by atoms with Gasteiger partial charge in [0, 0.05) is 6.04 Å². The van der Waals surface area contributed by atoms with Crippen LogP contribution >= 0.6 is 0 Å². The molecule has 1 atom stereocenters. The molecule has 3 N–H and O–H groups in total. The number of nitrogen functional groups attached to an aromatic ring is 1. The van der Waals surface area contributed by atoms with Crippen molar-refractivity contribution in [3.05, 3.63) is 48.2 Å². The van der Waals surface area contributed by atoms with Crippen LogP contribution in [0.15, 0.2) is 42.6 Å². The first-order chi connectivity index (χ1) is 8.69. The summed E-state index contributed by atoms with van der Waals surface area (Å²) in [5, 5.41) is 3.36. The number of rotatable bonds is 4. The summed E-state index contributed by atoms with van der Waals surface area (Å²) < 4.78 is 5.14. The lowest BCUT2D eigenvalue weighted by Crippen LogP contribution is -2.06. The fourth-order valence-electron chi connectivity index (χ4n) is 1.72. The Bertz CT molecular complexity index is 493. The average molecular weight is 243 g/mol. The van der Waals surface area contributed by atoms with Crippen LogP contribution in [0.1, 0.15) is 18.5 Å². The summed E-state index contributed by atoms with van der Waals surface area (Å²) in [6, 6.07) is 11.9. The number of nitrogens with one attached hydrogen (secondary N) is 1. The molecule has 0 aliphatic heterocycles. The molecule has 4 heteroatoms. The minimum atomic E-state index is 0.196. The van der Waals surface area contributed by atoms with E-state index < -0.39 is 0 Å². The van der Waals surface area contributed by atoms with E-state index in [2.05, 4.69) is 17.2 Å². The van der Waals surface area contributed by atoms with Gasteiger partial charge in [0.05, 0.1) is 19.0 Å². The summed E-state index contributed by atoms with van der Waals surface area (Å²) in [6.07, 6.45) is 1.73. The van der Waals surface area contributed by atoms with Crippen molar-refractivity contribution in [2.75, 3.05) is 18.2 Å². The molecule has 0 radical (unpaired) electrons. The van der Waals surface area contributed by atoms with Crippen molar-refractivity contribution in [1.82, 2.24) is 4.98 Å². The van der Waals surface area contributed by atoms with Gasteiger partial charge in [-0.1, -0.05) is 12.1 Å². The third-order valence-corrected chi connectivity index (χ3v) is 2.79. The van der Waals surface area contributed by atoms with E-state index in [1.54, 1.807) is 19.4 Å². The van der Waals surface area contributed by atoms with Crippen LogP contribution in [0.25, 0.3) is 0 Å². The van der Waals surface area contributed by atoms with Crippen LogP contribution in [-0.4, -0.2) is 12.1 Å². The maximum Gasteiger partial charge on any atom is 0.123 e. The second-order valence-corrected chi connectivity index (χ2v) is 4.11. The number of hydrogen-bond acceptors (Lipinski definition) is 4. The van der Waals surface area contributed by atoms with Crippen LogP contribution in [-0.2, 0) is 0 Å². The normalized spacial score (nSPS) is 11.9. The lowest BCUT2D eigenvalue weighted by Gasteiger charge is -2.15. The van der Waals surface area contributed by atoms with E-state index in [1.807, 2.05) is 30.3 Å². The van der Waals surface area contributed by atoms with Gasteiger partial charge in [0.25, 0.3) is 0 Å². The zero-order chi connectivity index (χ0) is 13.0. The highest BCUT2D eigenvalue weighted by Crippen LogP contribution is 2.21. The van der Waals surface area contributed by atoms with Crippen LogP contribution in [0.3, 0.4) is 0 Å². The van der Waals surface area contributed by atoms with Crippen LogP contribution in [0.2, 0.25) is 0 Å². The topological polar surface area (TPSA) is 60.2 Å². The summed E-state index contributed by atoms with van der Waals surface area (Å²) in [6.45, 7) is 2.10. The quantitative estimate of drug-likeness (QED) is 0.866. The Morgan fingerprint density at radius 3 is 2.44 bits per heavy atom. The van der Waals surface area contributed by atoms with Gasteiger partial charge in [-0.05, 0) is 36.8 Å². The third kappa shape index (κ3) is 2.91. The van der Waals surface area contributed by atoms with Gasteiger partial charge in [0.15, 0.2) is 0 Å². The first-order valence-electron chi connectivity index (χ1n) is 5.81. The minimum absolute atomic E-state index is 0.196. The highest BCUT2D eigenvalue weighted by atomic mass is 16.5. The summed E-state index contributed by atoms with van der Waals surface area (Å²) in [5.74, 6) is 1.39. The van der Waals surface area contributed by atoms with Crippen molar-refractivity contribution in [3.63, 3.8) is 0 Å². The monoisotopic (exact) mass is 243 g/mol. The molecule has 0 spiro atoms. The predicted molar refractivity (Wildman–Crippen MR) is 73.7 cm³/mol. The number of aromatic nitrogens is 1. The molecule has 1 unspecified atom stereocenters. The number of nitrogens with two attached hydrogens (primary N) is 1. The fourth-order valence-corrected chi connectivity index (χ4v) is 1.72. The number of hydrogen-bond donors (Lipinski definition) is 2. The Labute approximate surface area is 107 Å². The van der Waals surface area contributed by atoms with Gasteiger partial charge in [0.1, 0.15) is 11.6 Å². The molecule has 2 aromatic rings. The Morgan fingerprint density at radius 2 is 1.89 bits per heavy atom. The smallest absolute Gasteiger partial charge is 0.123 e. The first-order valence-corrected chi connectivity index (χ1v) is 5.81. The van der Waals surface area contributed by atoms with E-state index in [4.69, 9.17) is 10.5 Å². The molecule has 1 heterocycles. The van der Waals surface area contributed by atoms with E-state index in [-0.39, 0.29) is 6.04 Å². The fraction of sp³-hybridized carbons (Fsp3) is 0.214. The first kappa shape index (κ1) is 12.2. The lowest BCUT2D eigenvalue weighted by molar-refractivity contribution is 0.414. The van der Waals surface area contributed by atoms with Gasteiger partial charge in [-0.15, -0.1) is 0 Å². The third-order valence-electron chi connectivity index (χ3n) is 2.79. The minimum Gasteiger partial charge on any atom is -0.497 e. The van der Waals surface area contributed by atoms with Crippen molar-refractivity contribution in [2.45, 2.75) is 13.0 Å². The second-order valence-electron chi connectivity index (χ2n) is 4.11. The molecule has 1 aromatic carbocycles. The Hall–Kier alpha value is -2.23. The molecule has 0 saturated heterocycles. The van der Waals surface area contributed by atoms with Crippen LogP contribution in [0.5, 0.6) is 5.75 Å². The Kier molecular flexibility index (Phi) is 3.67. The zero-order valence-electron chi connectivity index (χ0n) is 10.6. The van der Waals surface area contributed by atoms with Crippen molar-refractivity contribution in [2.24, 2.45) is 0 Å². The van der Waals surface area contributed by atoms with Crippen molar-refractivity contribution in [3.8, 4) is 5.75 Å². The summed E-state index contributed by atoms with van der Waals surface area (Å²) in [7, 11) is 1.66. The van der Waals surface area contributed by atoms with Gasteiger partial charge in [-0.25, -0.2) is 4.98 Å². The van der Waals surface area contributed by atoms with Crippen LogP contribution in [0.4, 0.5) is 11.5 Å². The molecule has 0 amide bonds. The molecule has 94 valence electrons. The largest absolute Gasteiger partial charge is 0.497 e. The van der Waals surface area contributed by atoms with Crippen LogP contribution in [0, 0.1) is 0 Å².